The minimum Gasteiger partial charge on any atom is -0.399 e. The van der Waals surface area contributed by atoms with Crippen molar-refractivity contribution in [1.29, 1.82) is 0 Å². The molecule has 0 amide bonds. The summed E-state index contributed by atoms with van der Waals surface area (Å²) >= 11 is 0. The Morgan fingerprint density at radius 3 is 2.11 bits per heavy atom. The quantitative estimate of drug-likeness (QED) is 0.642. The van der Waals surface area contributed by atoms with Gasteiger partial charge < -0.3 is 5.73 Å². The number of nitrogen functional groups attached to an aromatic ring is 1. The summed E-state index contributed by atoms with van der Waals surface area (Å²) < 4.78 is 53.8. The van der Waals surface area contributed by atoms with Gasteiger partial charge in [0.05, 0.1) is 0 Å². The van der Waals surface area contributed by atoms with Crippen molar-refractivity contribution in [3.63, 3.8) is 0 Å². The third-order valence-corrected chi connectivity index (χ3v) is 2.53. The smallest absolute Gasteiger partial charge is 0.298 e. The minimum absolute atomic E-state index is 0.176. The highest BCUT2D eigenvalue weighted by atomic mass is 19.3. The summed E-state index contributed by atoms with van der Waals surface area (Å²) in [5, 5.41) is 0. The van der Waals surface area contributed by atoms with Crippen LogP contribution < -0.4 is 5.73 Å². The molecule has 18 heavy (non-hydrogen) atoms. The van der Waals surface area contributed by atoms with Crippen LogP contribution in [0.25, 0.3) is 0 Å². The molecule has 2 aromatic rings. The molecule has 0 aliphatic carbocycles. The third kappa shape index (κ3) is 2.16. The zero-order valence-corrected chi connectivity index (χ0v) is 9.13. The van der Waals surface area contributed by atoms with E-state index in [1.807, 2.05) is 0 Å². The Kier molecular flexibility index (Phi) is 2.98. The summed E-state index contributed by atoms with van der Waals surface area (Å²) in [6.07, 6.45) is 0. The topological polar surface area (TPSA) is 26.0 Å². The van der Waals surface area contributed by atoms with Gasteiger partial charge in [-0.05, 0) is 30.3 Å². The molecule has 0 bridgehead atoms. The molecular formula is C13H9F4N. The number of nitrogens with two attached hydrogens (primary N) is 1. The Labute approximate surface area is 101 Å². The summed E-state index contributed by atoms with van der Waals surface area (Å²) in [6, 6.07) is 7.12. The van der Waals surface area contributed by atoms with Gasteiger partial charge >= 0.3 is 0 Å². The van der Waals surface area contributed by atoms with Crippen molar-refractivity contribution in [2.45, 2.75) is 5.92 Å². The number of anilines is 1. The maximum atomic E-state index is 14.0. The average Bonchev–Trinajstić information content (AvgIpc) is 2.32. The highest BCUT2D eigenvalue weighted by Gasteiger charge is 2.34. The van der Waals surface area contributed by atoms with E-state index in [-0.39, 0.29) is 11.3 Å². The lowest BCUT2D eigenvalue weighted by Crippen LogP contribution is -2.16. The molecule has 0 heterocycles. The summed E-state index contributed by atoms with van der Waals surface area (Å²) in [4.78, 5) is 0. The highest BCUT2D eigenvalue weighted by molar-refractivity contribution is 5.45. The molecule has 0 aliphatic rings. The molecule has 1 nitrogen and oxygen atoms in total. The Bertz CT molecular complexity index is 581. The van der Waals surface area contributed by atoms with Gasteiger partial charge in [0.15, 0.2) is 11.6 Å². The molecule has 0 fully saturated rings. The second kappa shape index (κ2) is 4.33. The van der Waals surface area contributed by atoms with E-state index in [1.54, 1.807) is 0 Å². The summed E-state index contributed by atoms with van der Waals surface area (Å²) in [5.74, 6) is -5.90. The molecule has 0 unspecified atom stereocenters. The van der Waals surface area contributed by atoms with Crippen LogP contribution in [-0.4, -0.2) is 0 Å². The Morgan fingerprint density at radius 1 is 0.833 bits per heavy atom. The van der Waals surface area contributed by atoms with Gasteiger partial charge in [-0.1, -0.05) is 12.1 Å². The number of alkyl halides is 2. The molecule has 0 saturated carbocycles. The van der Waals surface area contributed by atoms with Crippen LogP contribution in [0.15, 0.2) is 42.5 Å². The maximum Gasteiger partial charge on any atom is 0.298 e. The number of halogens is 4. The third-order valence-electron chi connectivity index (χ3n) is 2.53. The molecule has 94 valence electrons. The van der Waals surface area contributed by atoms with Crippen LogP contribution in [0.2, 0.25) is 0 Å². The molecular weight excluding hydrogens is 246 g/mol. The molecule has 0 atom stereocenters. The predicted molar refractivity (Wildman–Crippen MR) is 60.2 cm³/mol. The lowest BCUT2D eigenvalue weighted by atomic mass is 10.00. The van der Waals surface area contributed by atoms with Gasteiger partial charge in [0, 0.05) is 16.8 Å². The van der Waals surface area contributed by atoms with Crippen LogP contribution in [0.5, 0.6) is 0 Å². The van der Waals surface area contributed by atoms with Gasteiger partial charge in [0.2, 0.25) is 0 Å². The molecule has 0 aromatic heterocycles. The van der Waals surface area contributed by atoms with Crippen molar-refractivity contribution in [2.24, 2.45) is 0 Å². The fourth-order valence-corrected chi connectivity index (χ4v) is 1.59. The normalized spacial score (nSPS) is 11.6. The van der Waals surface area contributed by atoms with Gasteiger partial charge in [0.25, 0.3) is 5.92 Å². The first-order chi connectivity index (χ1) is 8.41. The molecule has 2 aromatic carbocycles. The van der Waals surface area contributed by atoms with E-state index >= 15 is 0 Å². The molecule has 0 spiro atoms. The number of rotatable bonds is 2. The predicted octanol–water partition coefficient (Wildman–Crippen LogP) is 3.69. The molecule has 0 aliphatic heterocycles. The van der Waals surface area contributed by atoms with Gasteiger partial charge in [-0.25, -0.2) is 8.78 Å². The molecule has 2 rings (SSSR count). The van der Waals surface area contributed by atoms with Crippen molar-refractivity contribution in [3.05, 3.63) is 65.2 Å². The summed E-state index contributed by atoms with van der Waals surface area (Å²) in [5.41, 5.74) is 4.61. The summed E-state index contributed by atoms with van der Waals surface area (Å²) in [6.45, 7) is 0. The van der Waals surface area contributed by atoms with Crippen molar-refractivity contribution in [2.75, 3.05) is 5.73 Å². The maximum absolute atomic E-state index is 14.0. The zero-order valence-electron chi connectivity index (χ0n) is 9.13. The van der Waals surface area contributed by atoms with Crippen LogP contribution in [0.3, 0.4) is 0 Å². The first-order valence-electron chi connectivity index (χ1n) is 5.10. The largest absolute Gasteiger partial charge is 0.399 e. The number of hydrogen-bond acceptors (Lipinski definition) is 1. The van der Waals surface area contributed by atoms with E-state index in [0.717, 1.165) is 12.1 Å². The van der Waals surface area contributed by atoms with Crippen LogP contribution >= 0.6 is 0 Å². The van der Waals surface area contributed by atoms with Crippen LogP contribution in [0.1, 0.15) is 11.1 Å². The molecule has 0 saturated heterocycles. The van der Waals surface area contributed by atoms with Crippen LogP contribution in [0, 0.1) is 11.6 Å². The van der Waals surface area contributed by atoms with Crippen molar-refractivity contribution >= 4 is 5.69 Å². The molecule has 2 N–H and O–H groups in total. The molecule has 5 heteroatoms. The highest BCUT2D eigenvalue weighted by Crippen LogP contribution is 2.36. The SMILES string of the molecule is Nc1cccc(C(F)(F)c2ccc(F)c(F)c2)c1. The lowest BCUT2D eigenvalue weighted by Gasteiger charge is -2.17. The second-order valence-electron chi connectivity index (χ2n) is 3.83. The fraction of sp³-hybridized carbons (Fsp3) is 0.0769. The second-order valence-corrected chi connectivity index (χ2v) is 3.83. The fourth-order valence-electron chi connectivity index (χ4n) is 1.59. The minimum atomic E-state index is -3.43. The van der Waals surface area contributed by atoms with Crippen molar-refractivity contribution in [1.82, 2.24) is 0 Å². The Morgan fingerprint density at radius 2 is 1.50 bits per heavy atom. The van der Waals surface area contributed by atoms with E-state index < -0.39 is 23.1 Å². The number of hydrogen-bond donors (Lipinski definition) is 1. The van der Waals surface area contributed by atoms with E-state index in [4.69, 9.17) is 5.73 Å². The van der Waals surface area contributed by atoms with Gasteiger partial charge in [-0.15, -0.1) is 0 Å². The Balaban J connectivity index is 2.50. The average molecular weight is 255 g/mol. The lowest BCUT2D eigenvalue weighted by molar-refractivity contribution is 0.0424. The van der Waals surface area contributed by atoms with E-state index in [1.165, 1.54) is 18.2 Å². The first kappa shape index (κ1) is 12.4. The van der Waals surface area contributed by atoms with Gasteiger partial charge in [0.1, 0.15) is 0 Å². The van der Waals surface area contributed by atoms with E-state index in [0.29, 0.717) is 12.1 Å². The monoisotopic (exact) mass is 255 g/mol. The van der Waals surface area contributed by atoms with Crippen LogP contribution in [0.4, 0.5) is 23.2 Å². The van der Waals surface area contributed by atoms with Crippen LogP contribution in [-0.2, 0) is 5.92 Å². The van der Waals surface area contributed by atoms with Gasteiger partial charge in [-0.2, -0.15) is 8.78 Å². The molecule has 0 radical (unpaired) electrons. The standard InChI is InChI=1S/C13H9F4N/c14-11-5-4-9(7-12(11)15)13(16,17)8-2-1-3-10(18)6-8/h1-7H,18H2. The summed E-state index contributed by atoms with van der Waals surface area (Å²) in [7, 11) is 0. The van der Waals surface area contributed by atoms with E-state index in [2.05, 4.69) is 0 Å². The van der Waals surface area contributed by atoms with Gasteiger partial charge in [-0.3, -0.25) is 0 Å². The Hall–Kier alpha value is -2.04. The number of benzene rings is 2. The van der Waals surface area contributed by atoms with E-state index in [9.17, 15) is 17.6 Å². The zero-order chi connectivity index (χ0) is 13.3. The van der Waals surface area contributed by atoms with Crippen molar-refractivity contribution < 1.29 is 17.6 Å². The first-order valence-corrected chi connectivity index (χ1v) is 5.10. The van der Waals surface area contributed by atoms with Crippen molar-refractivity contribution in [3.8, 4) is 0 Å².